The molecular formula is C11H14ClN5. The third-order valence-electron chi connectivity index (χ3n) is 2.44. The first-order chi connectivity index (χ1) is 8.24. The molecule has 0 saturated carbocycles. The number of nitrogens with one attached hydrogen (secondary N) is 1. The van der Waals surface area contributed by atoms with E-state index in [1.807, 2.05) is 19.9 Å². The van der Waals surface area contributed by atoms with Crippen LogP contribution in [0.5, 0.6) is 0 Å². The van der Waals surface area contributed by atoms with E-state index in [9.17, 15) is 0 Å². The highest BCUT2D eigenvalue weighted by atomic mass is 35.5. The summed E-state index contributed by atoms with van der Waals surface area (Å²) in [5.41, 5.74) is 0.880. The molecule has 2 heterocycles. The van der Waals surface area contributed by atoms with Crippen LogP contribution < -0.4 is 5.32 Å². The maximum Gasteiger partial charge on any atom is 0.255 e. The SMILES string of the molecule is C/C=C/CCNc1c(C)c(Cl)nc2ncnn12. The number of halogens is 1. The Hall–Kier alpha value is -1.62. The highest BCUT2D eigenvalue weighted by molar-refractivity contribution is 6.30. The van der Waals surface area contributed by atoms with Crippen LogP contribution >= 0.6 is 11.6 Å². The van der Waals surface area contributed by atoms with Crippen LogP contribution in [0.15, 0.2) is 18.5 Å². The average molecular weight is 252 g/mol. The number of rotatable bonds is 4. The predicted molar refractivity (Wildman–Crippen MR) is 68.4 cm³/mol. The van der Waals surface area contributed by atoms with Crippen LogP contribution in [0, 0.1) is 6.92 Å². The van der Waals surface area contributed by atoms with Gasteiger partial charge in [-0.2, -0.15) is 19.6 Å². The summed E-state index contributed by atoms with van der Waals surface area (Å²) in [6.07, 6.45) is 6.55. The zero-order chi connectivity index (χ0) is 12.3. The van der Waals surface area contributed by atoms with Crippen molar-refractivity contribution >= 4 is 23.2 Å². The molecule has 0 fully saturated rings. The minimum atomic E-state index is 0.457. The Morgan fingerprint density at radius 2 is 2.35 bits per heavy atom. The molecule has 5 nitrogen and oxygen atoms in total. The van der Waals surface area contributed by atoms with Crippen LogP contribution in [0.2, 0.25) is 5.15 Å². The molecule has 0 aliphatic heterocycles. The topological polar surface area (TPSA) is 55.1 Å². The van der Waals surface area contributed by atoms with Gasteiger partial charge in [0.25, 0.3) is 5.78 Å². The summed E-state index contributed by atoms with van der Waals surface area (Å²) in [6.45, 7) is 4.74. The third-order valence-corrected chi connectivity index (χ3v) is 2.81. The van der Waals surface area contributed by atoms with E-state index in [4.69, 9.17) is 11.6 Å². The lowest BCUT2D eigenvalue weighted by Gasteiger charge is -2.10. The molecule has 0 bridgehead atoms. The van der Waals surface area contributed by atoms with Crippen molar-refractivity contribution < 1.29 is 0 Å². The second-order valence-electron chi connectivity index (χ2n) is 3.63. The van der Waals surface area contributed by atoms with E-state index < -0.39 is 0 Å². The summed E-state index contributed by atoms with van der Waals surface area (Å²) in [6, 6.07) is 0. The van der Waals surface area contributed by atoms with Crippen molar-refractivity contribution in [2.75, 3.05) is 11.9 Å². The second kappa shape index (κ2) is 5.14. The van der Waals surface area contributed by atoms with Gasteiger partial charge in [0.15, 0.2) is 0 Å². The summed E-state index contributed by atoms with van der Waals surface area (Å²) in [7, 11) is 0. The first kappa shape index (κ1) is 11.9. The Kier molecular flexibility index (Phi) is 3.58. The van der Waals surface area contributed by atoms with E-state index in [0.29, 0.717) is 10.9 Å². The van der Waals surface area contributed by atoms with E-state index in [0.717, 1.165) is 24.3 Å². The Balaban J connectivity index is 2.30. The highest BCUT2D eigenvalue weighted by Gasteiger charge is 2.11. The largest absolute Gasteiger partial charge is 0.369 e. The van der Waals surface area contributed by atoms with Gasteiger partial charge in [-0.1, -0.05) is 23.8 Å². The standard InChI is InChI=1S/C11H14ClN5/c1-3-4-5-6-13-10-8(2)9(12)16-11-14-7-15-17(10)11/h3-4,7,13H,5-6H2,1-2H3/b4-3+. The molecule has 6 heteroatoms. The maximum atomic E-state index is 6.04. The van der Waals surface area contributed by atoms with Crippen molar-refractivity contribution in [1.82, 2.24) is 19.6 Å². The monoisotopic (exact) mass is 251 g/mol. The number of hydrogen-bond donors (Lipinski definition) is 1. The van der Waals surface area contributed by atoms with Gasteiger partial charge in [-0.05, 0) is 20.3 Å². The molecule has 0 amide bonds. The molecular weight excluding hydrogens is 238 g/mol. The van der Waals surface area contributed by atoms with E-state index in [2.05, 4.69) is 26.5 Å². The van der Waals surface area contributed by atoms with Gasteiger partial charge in [0.2, 0.25) is 0 Å². The Bertz CT molecular complexity index is 546. The fraction of sp³-hybridized carbons (Fsp3) is 0.364. The number of aromatic nitrogens is 4. The third kappa shape index (κ3) is 2.39. The summed E-state index contributed by atoms with van der Waals surface area (Å²) < 4.78 is 1.66. The normalized spacial score (nSPS) is 11.5. The predicted octanol–water partition coefficient (Wildman–Crippen LogP) is 2.46. The van der Waals surface area contributed by atoms with Gasteiger partial charge in [0, 0.05) is 12.1 Å². The smallest absolute Gasteiger partial charge is 0.255 e. The van der Waals surface area contributed by atoms with Gasteiger partial charge in [-0.25, -0.2) is 0 Å². The summed E-state index contributed by atoms with van der Waals surface area (Å²) in [5.74, 6) is 1.36. The van der Waals surface area contributed by atoms with Crippen molar-refractivity contribution in [2.24, 2.45) is 0 Å². The van der Waals surface area contributed by atoms with E-state index in [1.54, 1.807) is 4.52 Å². The van der Waals surface area contributed by atoms with Crippen molar-refractivity contribution in [2.45, 2.75) is 20.3 Å². The summed E-state index contributed by atoms with van der Waals surface area (Å²) in [4.78, 5) is 8.17. The van der Waals surface area contributed by atoms with Crippen LogP contribution in [0.3, 0.4) is 0 Å². The fourth-order valence-corrected chi connectivity index (χ4v) is 1.71. The molecule has 0 atom stereocenters. The minimum absolute atomic E-state index is 0.457. The van der Waals surface area contributed by atoms with Gasteiger partial charge < -0.3 is 5.32 Å². The lowest BCUT2D eigenvalue weighted by molar-refractivity contribution is 0.909. The number of allylic oxidation sites excluding steroid dienone is 1. The second-order valence-corrected chi connectivity index (χ2v) is 3.99. The molecule has 0 spiro atoms. The average Bonchev–Trinajstić information content (AvgIpc) is 2.76. The molecule has 17 heavy (non-hydrogen) atoms. The van der Waals surface area contributed by atoms with Gasteiger partial charge in [-0.15, -0.1) is 0 Å². The Morgan fingerprint density at radius 1 is 1.53 bits per heavy atom. The fourth-order valence-electron chi connectivity index (χ4n) is 1.55. The van der Waals surface area contributed by atoms with Crippen molar-refractivity contribution in [3.05, 3.63) is 29.2 Å². The molecule has 0 aromatic carbocycles. The van der Waals surface area contributed by atoms with Crippen LogP contribution in [-0.4, -0.2) is 26.1 Å². The molecule has 0 unspecified atom stereocenters. The number of nitrogens with zero attached hydrogens (tertiary/aromatic N) is 4. The number of anilines is 1. The highest BCUT2D eigenvalue weighted by Crippen LogP contribution is 2.21. The zero-order valence-electron chi connectivity index (χ0n) is 9.81. The summed E-state index contributed by atoms with van der Waals surface area (Å²) in [5, 5.41) is 7.88. The van der Waals surface area contributed by atoms with Crippen LogP contribution in [0.1, 0.15) is 18.9 Å². The molecule has 2 aromatic heterocycles. The van der Waals surface area contributed by atoms with E-state index in [1.165, 1.54) is 6.33 Å². The first-order valence-corrected chi connectivity index (χ1v) is 5.82. The molecule has 1 N–H and O–H groups in total. The van der Waals surface area contributed by atoms with Gasteiger partial charge in [0.05, 0.1) is 0 Å². The van der Waals surface area contributed by atoms with Gasteiger partial charge in [-0.3, -0.25) is 0 Å². The number of fused-ring (bicyclic) bond motifs is 1. The van der Waals surface area contributed by atoms with Crippen molar-refractivity contribution in [3.63, 3.8) is 0 Å². The van der Waals surface area contributed by atoms with Crippen LogP contribution in [0.4, 0.5) is 5.82 Å². The zero-order valence-corrected chi connectivity index (χ0v) is 10.6. The first-order valence-electron chi connectivity index (χ1n) is 5.45. The number of hydrogen-bond acceptors (Lipinski definition) is 4. The summed E-state index contributed by atoms with van der Waals surface area (Å²) >= 11 is 6.04. The molecule has 0 saturated heterocycles. The lowest BCUT2D eigenvalue weighted by atomic mass is 10.3. The Labute approximate surface area is 105 Å². The molecule has 90 valence electrons. The molecule has 2 aromatic rings. The van der Waals surface area contributed by atoms with Crippen LogP contribution in [-0.2, 0) is 0 Å². The minimum Gasteiger partial charge on any atom is -0.369 e. The van der Waals surface area contributed by atoms with E-state index in [-0.39, 0.29) is 0 Å². The lowest BCUT2D eigenvalue weighted by Crippen LogP contribution is -2.09. The molecule has 0 aliphatic carbocycles. The molecule has 0 radical (unpaired) electrons. The van der Waals surface area contributed by atoms with Gasteiger partial charge in [0.1, 0.15) is 17.3 Å². The van der Waals surface area contributed by atoms with E-state index >= 15 is 0 Å². The van der Waals surface area contributed by atoms with Crippen molar-refractivity contribution in [3.8, 4) is 0 Å². The molecule has 2 rings (SSSR count). The quantitative estimate of drug-likeness (QED) is 0.515. The Morgan fingerprint density at radius 3 is 3.12 bits per heavy atom. The maximum absolute atomic E-state index is 6.04. The van der Waals surface area contributed by atoms with Crippen molar-refractivity contribution in [1.29, 1.82) is 0 Å². The van der Waals surface area contributed by atoms with Crippen LogP contribution in [0.25, 0.3) is 5.78 Å². The molecule has 0 aliphatic rings. The van der Waals surface area contributed by atoms with Gasteiger partial charge >= 0.3 is 0 Å².